The molecule has 1 aliphatic carbocycles. The van der Waals surface area contributed by atoms with E-state index in [9.17, 15) is 5.11 Å². The summed E-state index contributed by atoms with van der Waals surface area (Å²) in [6.07, 6.45) is 0.556. The topological polar surface area (TPSA) is 20.2 Å². The average Bonchev–Trinajstić information content (AvgIpc) is 2.45. The molecule has 0 amide bonds. The Hall–Kier alpha value is -1.08. The molecule has 1 heteroatoms. The van der Waals surface area contributed by atoms with Crippen LogP contribution in [0.2, 0.25) is 0 Å². The Balaban J connectivity index is 2.50. The van der Waals surface area contributed by atoms with E-state index in [-0.39, 0.29) is 6.10 Å². The SMILES string of the molecule is CC(C)=C1Cc2ccccc2C1O. The highest BCUT2D eigenvalue weighted by Crippen LogP contribution is 2.36. The quantitative estimate of drug-likeness (QED) is 0.599. The summed E-state index contributed by atoms with van der Waals surface area (Å²) in [4.78, 5) is 0. The van der Waals surface area contributed by atoms with E-state index in [2.05, 4.69) is 19.9 Å². The number of aliphatic hydroxyl groups excluding tert-OH is 1. The Morgan fingerprint density at radius 1 is 1.31 bits per heavy atom. The number of rotatable bonds is 0. The molecule has 1 N–H and O–H groups in total. The summed E-state index contributed by atoms with van der Waals surface area (Å²) in [5.41, 5.74) is 4.76. The van der Waals surface area contributed by atoms with Gasteiger partial charge in [0.25, 0.3) is 0 Å². The van der Waals surface area contributed by atoms with Gasteiger partial charge < -0.3 is 5.11 Å². The van der Waals surface area contributed by atoms with Crippen molar-refractivity contribution < 1.29 is 5.11 Å². The summed E-state index contributed by atoms with van der Waals surface area (Å²) in [6, 6.07) is 8.11. The Morgan fingerprint density at radius 2 is 2.00 bits per heavy atom. The van der Waals surface area contributed by atoms with Gasteiger partial charge in [-0.05, 0) is 37.0 Å². The number of allylic oxidation sites excluding steroid dienone is 1. The van der Waals surface area contributed by atoms with Gasteiger partial charge in [-0.25, -0.2) is 0 Å². The fraction of sp³-hybridized carbons (Fsp3) is 0.333. The van der Waals surface area contributed by atoms with E-state index in [1.807, 2.05) is 18.2 Å². The van der Waals surface area contributed by atoms with Crippen molar-refractivity contribution in [3.63, 3.8) is 0 Å². The summed E-state index contributed by atoms with van der Waals surface area (Å²) < 4.78 is 0. The molecule has 0 aromatic heterocycles. The highest BCUT2D eigenvalue weighted by Gasteiger charge is 2.24. The van der Waals surface area contributed by atoms with E-state index in [1.54, 1.807) is 0 Å². The maximum atomic E-state index is 9.95. The van der Waals surface area contributed by atoms with Gasteiger partial charge in [0.2, 0.25) is 0 Å². The van der Waals surface area contributed by atoms with Gasteiger partial charge in [0.05, 0.1) is 0 Å². The Kier molecular flexibility index (Phi) is 1.97. The van der Waals surface area contributed by atoms with Gasteiger partial charge in [-0.1, -0.05) is 29.8 Å². The van der Waals surface area contributed by atoms with Crippen LogP contribution in [0.5, 0.6) is 0 Å². The van der Waals surface area contributed by atoms with Crippen molar-refractivity contribution in [1.29, 1.82) is 0 Å². The van der Waals surface area contributed by atoms with E-state index in [1.165, 1.54) is 16.7 Å². The van der Waals surface area contributed by atoms with Crippen molar-refractivity contribution in [2.75, 3.05) is 0 Å². The molecule has 1 unspecified atom stereocenters. The highest BCUT2D eigenvalue weighted by molar-refractivity contribution is 5.44. The second-order valence-corrected chi connectivity index (χ2v) is 3.80. The first-order valence-corrected chi connectivity index (χ1v) is 4.62. The molecule has 1 aromatic rings. The molecule has 1 nitrogen and oxygen atoms in total. The Morgan fingerprint density at radius 3 is 2.62 bits per heavy atom. The van der Waals surface area contributed by atoms with Crippen LogP contribution in [0.1, 0.15) is 31.1 Å². The minimum Gasteiger partial charge on any atom is -0.384 e. The van der Waals surface area contributed by atoms with Crippen LogP contribution in [0.25, 0.3) is 0 Å². The zero-order chi connectivity index (χ0) is 9.42. The lowest BCUT2D eigenvalue weighted by Gasteiger charge is -2.07. The monoisotopic (exact) mass is 174 g/mol. The summed E-state index contributed by atoms with van der Waals surface area (Å²) in [7, 11) is 0. The molecular formula is C12H14O. The molecule has 0 fully saturated rings. The van der Waals surface area contributed by atoms with Gasteiger partial charge in [-0.15, -0.1) is 0 Å². The molecule has 1 aromatic carbocycles. The molecule has 13 heavy (non-hydrogen) atoms. The molecule has 0 saturated heterocycles. The van der Waals surface area contributed by atoms with Crippen LogP contribution in [0, 0.1) is 0 Å². The van der Waals surface area contributed by atoms with Gasteiger partial charge in [0.15, 0.2) is 0 Å². The van der Waals surface area contributed by atoms with E-state index >= 15 is 0 Å². The first-order chi connectivity index (χ1) is 6.20. The molecular weight excluding hydrogens is 160 g/mol. The third-order valence-corrected chi connectivity index (χ3v) is 2.70. The summed E-state index contributed by atoms with van der Waals surface area (Å²) >= 11 is 0. The lowest BCUT2D eigenvalue weighted by Crippen LogP contribution is -1.95. The number of hydrogen-bond donors (Lipinski definition) is 1. The summed E-state index contributed by atoms with van der Waals surface area (Å²) in [5.74, 6) is 0. The molecule has 0 saturated carbocycles. The number of fused-ring (bicyclic) bond motifs is 1. The number of hydrogen-bond acceptors (Lipinski definition) is 1. The van der Waals surface area contributed by atoms with Gasteiger partial charge in [-0.3, -0.25) is 0 Å². The molecule has 2 rings (SSSR count). The zero-order valence-electron chi connectivity index (χ0n) is 8.04. The minimum atomic E-state index is -0.360. The van der Waals surface area contributed by atoms with Crippen LogP contribution in [-0.4, -0.2) is 5.11 Å². The predicted octanol–water partition coefficient (Wildman–Crippen LogP) is 2.61. The largest absolute Gasteiger partial charge is 0.384 e. The normalized spacial score (nSPS) is 20.2. The van der Waals surface area contributed by atoms with Crippen molar-refractivity contribution in [3.05, 3.63) is 46.5 Å². The molecule has 1 atom stereocenters. The van der Waals surface area contributed by atoms with Crippen molar-refractivity contribution in [2.24, 2.45) is 0 Å². The number of aliphatic hydroxyl groups is 1. The average molecular weight is 174 g/mol. The first kappa shape index (κ1) is 8.52. The van der Waals surface area contributed by atoms with Crippen LogP contribution < -0.4 is 0 Å². The van der Waals surface area contributed by atoms with Gasteiger partial charge in [0.1, 0.15) is 6.10 Å². The van der Waals surface area contributed by atoms with Crippen LogP contribution in [0.3, 0.4) is 0 Å². The van der Waals surface area contributed by atoms with Crippen molar-refractivity contribution in [3.8, 4) is 0 Å². The fourth-order valence-electron chi connectivity index (χ4n) is 1.90. The van der Waals surface area contributed by atoms with Gasteiger partial charge in [0, 0.05) is 0 Å². The fourth-order valence-corrected chi connectivity index (χ4v) is 1.90. The van der Waals surface area contributed by atoms with Crippen LogP contribution in [0.15, 0.2) is 35.4 Å². The van der Waals surface area contributed by atoms with Crippen molar-refractivity contribution in [1.82, 2.24) is 0 Å². The Labute approximate surface area is 78.7 Å². The smallest absolute Gasteiger partial charge is 0.101 e. The van der Waals surface area contributed by atoms with Gasteiger partial charge in [-0.2, -0.15) is 0 Å². The van der Waals surface area contributed by atoms with E-state index in [4.69, 9.17) is 0 Å². The van der Waals surface area contributed by atoms with Gasteiger partial charge >= 0.3 is 0 Å². The molecule has 0 heterocycles. The zero-order valence-corrected chi connectivity index (χ0v) is 8.04. The summed E-state index contributed by atoms with van der Waals surface area (Å²) in [6.45, 7) is 4.12. The van der Waals surface area contributed by atoms with Crippen LogP contribution in [-0.2, 0) is 6.42 Å². The third kappa shape index (κ3) is 1.29. The van der Waals surface area contributed by atoms with Crippen molar-refractivity contribution in [2.45, 2.75) is 26.4 Å². The second kappa shape index (κ2) is 3.00. The predicted molar refractivity (Wildman–Crippen MR) is 53.5 cm³/mol. The van der Waals surface area contributed by atoms with E-state index < -0.39 is 0 Å². The highest BCUT2D eigenvalue weighted by atomic mass is 16.3. The molecule has 0 aliphatic heterocycles. The van der Waals surface area contributed by atoms with E-state index in [0.29, 0.717) is 0 Å². The minimum absolute atomic E-state index is 0.360. The molecule has 1 aliphatic rings. The Bertz CT molecular complexity index is 359. The lowest BCUT2D eigenvalue weighted by atomic mass is 10.1. The molecule has 0 radical (unpaired) electrons. The first-order valence-electron chi connectivity index (χ1n) is 4.62. The molecule has 68 valence electrons. The second-order valence-electron chi connectivity index (χ2n) is 3.80. The third-order valence-electron chi connectivity index (χ3n) is 2.70. The maximum absolute atomic E-state index is 9.95. The van der Waals surface area contributed by atoms with Crippen LogP contribution >= 0.6 is 0 Å². The van der Waals surface area contributed by atoms with E-state index in [0.717, 1.165) is 12.0 Å². The lowest BCUT2D eigenvalue weighted by molar-refractivity contribution is 0.220. The standard InChI is InChI=1S/C12H14O/c1-8(2)11-7-9-5-3-4-6-10(9)12(11)13/h3-6,12-13H,7H2,1-2H3. The maximum Gasteiger partial charge on any atom is 0.101 e. The molecule has 0 spiro atoms. The number of benzene rings is 1. The van der Waals surface area contributed by atoms with Crippen LogP contribution in [0.4, 0.5) is 0 Å². The van der Waals surface area contributed by atoms with Crippen molar-refractivity contribution >= 4 is 0 Å². The summed E-state index contributed by atoms with van der Waals surface area (Å²) in [5, 5.41) is 9.95. The molecule has 0 bridgehead atoms.